The third-order valence-electron chi connectivity index (χ3n) is 4.26. The number of aliphatic hydroxyl groups is 1. The number of hydrogen-bond donors (Lipinski definition) is 3. The zero-order valence-electron chi connectivity index (χ0n) is 13.1. The molecule has 23 heavy (non-hydrogen) atoms. The van der Waals surface area contributed by atoms with Crippen molar-refractivity contribution in [3.05, 3.63) is 52.0 Å². The van der Waals surface area contributed by atoms with E-state index in [-0.39, 0.29) is 12.3 Å². The van der Waals surface area contributed by atoms with Crippen LogP contribution in [0.4, 0.5) is 0 Å². The van der Waals surface area contributed by atoms with Gasteiger partial charge in [-0.15, -0.1) is 11.3 Å². The molecule has 1 aromatic carbocycles. The molecule has 122 valence electrons. The average Bonchev–Trinajstić information content (AvgIpc) is 2.95. The predicted octanol–water partition coefficient (Wildman–Crippen LogP) is 1.36. The molecule has 0 unspecified atom stereocenters. The molecular weight excluding hydrogens is 310 g/mol. The summed E-state index contributed by atoms with van der Waals surface area (Å²) in [6.45, 7) is 3.14. The maximum atomic E-state index is 12.5. The average molecular weight is 331 g/mol. The van der Waals surface area contributed by atoms with Crippen molar-refractivity contribution in [2.24, 2.45) is 0 Å². The van der Waals surface area contributed by atoms with Crippen molar-refractivity contribution in [3.63, 3.8) is 0 Å². The molecular formula is C17H21N3O2S. The van der Waals surface area contributed by atoms with E-state index in [1.54, 1.807) is 0 Å². The van der Waals surface area contributed by atoms with Crippen molar-refractivity contribution >= 4 is 17.2 Å². The van der Waals surface area contributed by atoms with E-state index >= 15 is 0 Å². The van der Waals surface area contributed by atoms with Crippen molar-refractivity contribution in [2.45, 2.75) is 31.4 Å². The van der Waals surface area contributed by atoms with Crippen LogP contribution in [0.25, 0.3) is 0 Å². The molecule has 0 aliphatic carbocycles. The molecule has 2 heterocycles. The van der Waals surface area contributed by atoms with Crippen LogP contribution in [0.3, 0.4) is 0 Å². The highest BCUT2D eigenvalue weighted by molar-refractivity contribution is 7.09. The number of carbonyl (C=O) groups is 1. The summed E-state index contributed by atoms with van der Waals surface area (Å²) < 4.78 is 0. The lowest BCUT2D eigenvalue weighted by Crippen LogP contribution is -2.61. The summed E-state index contributed by atoms with van der Waals surface area (Å²) in [5.74, 6) is -0.111. The van der Waals surface area contributed by atoms with Gasteiger partial charge in [-0.3, -0.25) is 4.79 Å². The fourth-order valence-electron chi connectivity index (χ4n) is 3.10. The first kappa shape index (κ1) is 16.1. The summed E-state index contributed by atoms with van der Waals surface area (Å²) in [7, 11) is 0. The molecule has 0 saturated carbocycles. The van der Waals surface area contributed by atoms with Crippen LogP contribution >= 0.6 is 11.3 Å². The van der Waals surface area contributed by atoms with Gasteiger partial charge in [0.15, 0.2) is 0 Å². The van der Waals surface area contributed by atoms with E-state index in [9.17, 15) is 9.90 Å². The van der Waals surface area contributed by atoms with Crippen LogP contribution in [0.2, 0.25) is 0 Å². The molecule has 0 radical (unpaired) electrons. The standard InChI is InChI=1S/C17H21N3O2S/c1-12-19-14(11-23-12)9-16(22)20-17(7-8-18-10-15(17)21)13-5-3-2-4-6-13/h2-6,11,15,18,21H,7-10H2,1H3,(H,20,22)/t15-,17+/m1/s1. The number of piperidine rings is 1. The molecule has 1 aliphatic rings. The number of rotatable bonds is 4. The summed E-state index contributed by atoms with van der Waals surface area (Å²) >= 11 is 1.54. The Morgan fingerprint density at radius 2 is 2.26 bits per heavy atom. The Bertz CT molecular complexity index is 673. The van der Waals surface area contributed by atoms with E-state index in [1.807, 2.05) is 42.6 Å². The van der Waals surface area contributed by atoms with Gasteiger partial charge in [-0.1, -0.05) is 30.3 Å². The van der Waals surface area contributed by atoms with Gasteiger partial charge >= 0.3 is 0 Å². The number of hydrogen-bond acceptors (Lipinski definition) is 5. The molecule has 6 heteroatoms. The Kier molecular flexibility index (Phi) is 4.75. The third-order valence-corrected chi connectivity index (χ3v) is 5.08. The molecule has 1 aliphatic heterocycles. The van der Waals surface area contributed by atoms with Gasteiger partial charge in [-0.2, -0.15) is 0 Å². The maximum absolute atomic E-state index is 12.5. The number of aromatic nitrogens is 1. The highest BCUT2D eigenvalue weighted by Gasteiger charge is 2.42. The van der Waals surface area contributed by atoms with Crippen LogP contribution in [-0.2, 0) is 16.8 Å². The van der Waals surface area contributed by atoms with Gasteiger partial charge in [-0.05, 0) is 25.5 Å². The molecule has 3 rings (SSSR count). The maximum Gasteiger partial charge on any atom is 0.226 e. The predicted molar refractivity (Wildman–Crippen MR) is 90.3 cm³/mol. The van der Waals surface area contributed by atoms with Gasteiger partial charge in [-0.25, -0.2) is 4.98 Å². The number of β-amino-alcohol motifs (C(OH)–C–C–N with tert-alkyl or cyclic N) is 1. The minimum Gasteiger partial charge on any atom is -0.389 e. The summed E-state index contributed by atoms with van der Waals surface area (Å²) in [5.41, 5.74) is 0.975. The quantitative estimate of drug-likeness (QED) is 0.791. The zero-order chi connectivity index (χ0) is 16.3. The summed E-state index contributed by atoms with van der Waals surface area (Å²) in [5, 5.41) is 19.7. The van der Waals surface area contributed by atoms with E-state index < -0.39 is 11.6 Å². The van der Waals surface area contributed by atoms with Gasteiger partial charge in [0.25, 0.3) is 0 Å². The minimum atomic E-state index is -0.741. The number of nitrogens with one attached hydrogen (secondary N) is 2. The topological polar surface area (TPSA) is 74.2 Å². The summed E-state index contributed by atoms with van der Waals surface area (Å²) in [6, 6.07) is 9.72. The molecule has 2 atom stereocenters. The van der Waals surface area contributed by atoms with Gasteiger partial charge in [0.05, 0.1) is 28.8 Å². The van der Waals surface area contributed by atoms with Crippen LogP contribution in [0.15, 0.2) is 35.7 Å². The molecule has 1 saturated heterocycles. The normalized spacial score (nSPS) is 24.3. The van der Waals surface area contributed by atoms with Crippen molar-refractivity contribution < 1.29 is 9.90 Å². The monoisotopic (exact) mass is 331 g/mol. The number of benzene rings is 1. The van der Waals surface area contributed by atoms with Crippen LogP contribution in [0.1, 0.15) is 22.7 Å². The smallest absolute Gasteiger partial charge is 0.226 e. The molecule has 5 nitrogen and oxygen atoms in total. The SMILES string of the molecule is Cc1nc(CC(=O)N[C@]2(c3ccccc3)CCNC[C@H]2O)cs1. The van der Waals surface area contributed by atoms with E-state index in [0.29, 0.717) is 13.0 Å². The third kappa shape index (κ3) is 3.44. The number of thiazole rings is 1. The second-order valence-corrected chi connectivity index (χ2v) is 6.95. The minimum absolute atomic E-state index is 0.111. The first-order valence-corrected chi connectivity index (χ1v) is 8.64. The van der Waals surface area contributed by atoms with E-state index in [1.165, 1.54) is 11.3 Å². The lowest BCUT2D eigenvalue weighted by molar-refractivity contribution is -0.125. The van der Waals surface area contributed by atoms with Crippen molar-refractivity contribution in [1.29, 1.82) is 0 Å². The van der Waals surface area contributed by atoms with Crippen molar-refractivity contribution in [1.82, 2.24) is 15.6 Å². The summed E-state index contributed by atoms with van der Waals surface area (Å²) in [4.78, 5) is 16.9. The van der Waals surface area contributed by atoms with Crippen molar-refractivity contribution in [3.8, 4) is 0 Å². The van der Waals surface area contributed by atoms with Gasteiger partial charge in [0.2, 0.25) is 5.91 Å². The van der Waals surface area contributed by atoms with Gasteiger partial charge in [0.1, 0.15) is 0 Å². The molecule has 2 aromatic rings. The Hall–Kier alpha value is -1.76. The lowest BCUT2D eigenvalue weighted by Gasteiger charge is -2.43. The first-order valence-electron chi connectivity index (χ1n) is 7.76. The number of aryl methyl sites for hydroxylation is 1. The van der Waals surface area contributed by atoms with Crippen LogP contribution in [0.5, 0.6) is 0 Å². The largest absolute Gasteiger partial charge is 0.389 e. The number of carbonyl (C=O) groups excluding carboxylic acids is 1. The van der Waals surface area contributed by atoms with E-state index in [2.05, 4.69) is 15.6 Å². The molecule has 1 aromatic heterocycles. The Balaban J connectivity index is 1.83. The highest BCUT2D eigenvalue weighted by Crippen LogP contribution is 2.31. The summed E-state index contributed by atoms with van der Waals surface area (Å²) in [6.07, 6.45) is 0.221. The number of nitrogens with zero attached hydrogens (tertiary/aromatic N) is 1. The zero-order valence-corrected chi connectivity index (χ0v) is 13.9. The fraction of sp³-hybridized carbons (Fsp3) is 0.412. The molecule has 0 bridgehead atoms. The van der Waals surface area contributed by atoms with Crippen LogP contribution in [0, 0.1) is 6.92 Å². The van der Waals surface area contributed by atoms with E-state index in [4.69, 9.17) is 0 Å². The van der Waals surface area contributed by atoms with Crippen LogP contribution in [-0.4, -0.2) is 35.2 Å². The first-order chi connectivity index (χ1) is 11.1. The Labute approximate surface area is 139 Å². The fourth-order valence-corrected chi connectivity index (χ4v) is 3.71. The van der Waals surface area contributed by atoms with Gasteiger partial charge < -0.3 is 15.7 Å². The molecule has 1 amide bonds. The molecule has 3 N–H and O–H groups in total. The van der Waals surface area contributed by atoms with Gasteiger partial charge in [0, 0.05) is 11.9 Å². The van der Waals surface area contributed by atoms with Crippen molar-refractivity contribution in [2.75, 3.05) is 13.1 Å². The highest BCUT2D eigenvalue weighted by atomic mass is 32.1. The van der Waals surface area contributed by atoms with Crippen LogP contribution < -0.4 is 10.6 Å². The second kappa shape index (κ2) is 6.78. The molecule has 0 spiro atoms. The number of amides is 1. The second-order valence-electron chi connectivity index (χ2n) is 5.89. The molecule has 1 fully saturated rings. The lowest BCUT2D eigenvalue weighted by atomic mass is 9.79. The number of aliphatic hydroxyl groups excluding tert-OH is 1. The Morgan fingerprint density at radius 1 is 1.48 bits per heavy atom. The van der Waals surface area contributed by atoms with E-state index in [0.717, 1.165) is 22.8 Å². The Morgan fingerprint density at radius 3 is 2.91 bits per heavy atom.